The predicted octanol–water partition coefficient (Wildman–Crippen LogP) is 2.48. The topological polar surface area (TPSA) is 20.2 Å². The van der Waals surface area contributed by atoms with Crippen LogP contribution in [-0.2, 0) is 0 Å². The van der Waals surface area contributed by atoms with Gasteiger partial charge in [-0.1, -0.05) is 24.3 Å². The number of aliphatic hydroxyl groups is 1. The third-order valence-electron chi connectivity index (χ3n) is 2.98. The molecule has 1 aromatic carbocycles. The van der Waals surface area contributed by atoms with Crippen LogP contribution in [0.1, 0.15) is 29.9 Å². The molecule has 70 valence electrons. The van der Waals surface area contributed by atoms with Crippen LogP contribution in [0, 0.1) is 12.8 Å². The van der Waals surface area contributed by atoms with E-state index in [0.717, 1.165) is 5.92 Å². The van der Waals surface area contributed by atoms with E-state index in [2.05, 4.69) is 31.2 Å². The van der Waals surface area contributed by atoms with Crippen LogP contribution >= 0.6 is 0 Å². The van der Waals surface area contributed by atoms with Crippen molar-refractivity contribution in [3.05, 3.63) is 35.4 Å². The fraction of sp³-hybridized carbons (Fsp3) is 0.500. The monoisotopic (exact) mass is 176 g/mol. The van der Waals surface area contributed by atoms with Gasteiger partial charge in [-0.15, -0.1) is 0 Å². The zero-order valence-electron chi connectivity index (χ0n) is 8.03. The molecule has 1 aliphatic rings. The van der Waals surface area contributed by atoms with Gasteiger partial charge in [-0.05, 0) is 36.8 Å². The van der Waals surface area contributed by atoms with Crippen LogP contribution in [0.15, 0.2) is 24.3 Å². The highest BCUT2D eigenvalue weighted by Crippen LogP contribution is 2.42. The number of aryl methyl sites for hydroxylation is 1. The quantitative estimate of drug-likeness (QED) is 0.750. The fourth-order valence-electron chi connectivity index (χ4n) is 2.00. The number of rotatable bonds is 3. The van der Waals surface area contributed by atoms with Gasteiger partial charge in [-0.25, -0.2) is 0 Å². The average Bonchev–Trinajstić information content (AvgIpc) is 2.93. The molecule has 0 aliphatic heterocycles. The summed E-state index contributed by atoms with van der Waals surface area (Å²) in [5.74, 6) is 1.13. The van der Waals surface area contributed by atoms with Crippen LogP contribution in [0.3, 0.4) is 0 Å². The molecular weight excluding hydrogens is 160 g/mol. The lowest BCUT2D eigenvalue weighted by atomic mass is 9.91. The Morgan fingerprint density at radius 1 is 1.38 bits per heavy atom. The maximum Gasteiger partial charge on any atom is 0.0502 e. The standard InChI is InChI=1S/C12H16O/c1-9-4-2-3-5-11(9)12(8-13)10-6-7-10/h2-5,10,12-13H,6-8H2,1H3. The Morgan fingerprint density at radius 3 is 2.62 bits per heavy atom. The molecule has 0 saturated heterocycles. The lowest BCUT2D eigenvalue weighted by molar-refractivity contribution is 0.253. The normalized spacial score (nSPS) is 18.6. The van der Waals surface area contributed by atoms with Crippen LogP contribution in [0.2, 0.25) is 0 Å². The average molecular weight is 176 g/mol. The van der Waals surface area contributed by atoms with Gasteiger partial charge in [0.05, 0.1) is 6.61 Å². The van der Waals surface area contributed by atoms with Crippen LogP contribution < -0.4 is 0 Å². The van der Waals surface area contributed by atoms with Gasteiger partial charge in [0.2, 0.25) is 0 Å². The molecule has 0 amide bonds. The summed E-state index contributed by atoms with van der Waals surface area (Å²) in [6.07, 6.45) is 2.58. The number of aliphatic hydroxyl groups excluding tert-OH is 1. The molecule has 1 aromatic rings. The maximum atomic E-state index is 9.31. The van der Waals surface area contributed by atoms with E-state index >= 15 is 0 Å². The smallest absolute Gasteiger partial charge is 0.0502 e. The van der Waals surface area contributed by atoms with Crippen molar-refractivity contribution in [2.24, 2.45) is 5.92 Å². The molecule has 0 heterocycles. The number of hydrogen-bond donors (Lipinski definition) is 1. The number of benzene rings is 1. The Morgan fingerprint density at radius 2 is 2.08 bits per heavy atom. The van der Waals surface area contributed by atoms with Gasteiger partial charge in [0, 0.05) is 5.92 Å². The van der Waals surface area contributed by atoms with Crippen molar-refractivity contribution in [1.29, 1.82) is 0 Å². The first-order chi connectivity index (χ1) is 6.33. The van der Waals surface area contributed by atoms with E-state index in [-0.39, 0.29) is 0 Å². The summed E-state index contributed by atoms with van der Waals surface area (Å²) < 4.78 is 0. The molecule has 0 bridgehead atoms. The molecule has 1 aliphatic carbocycles. The highest BCUT2D eigenvalue weighted by molar-refractivity contribution is 5.30. The number of hydrogen-bond acceptors (Lipinski definition) is 1. The van der Waals surface area contributed by atoms with Gasteiger partial charge in [0.25, 0.3) is 0 Å². The van der Waals surface area contributed by atoms with Gasteiger partial charge in [0.15, 0.2) is 0 Å². The van der Waals surface area contributed by atoms with Crippen molar-refractivity contribution in [2.75, 3.05) is 6.61 Å². The first-order valence-corrected chi connectivity index (χ1v) is 4.99. The fourth-order valence-corrected chi connectivity index (χ4v) is 2.00. The van der Waals surface area contributed by atoms with E-state index in [1.54, 1.807) is 0 Å². The second kappa shape index (κ2) is 3.51. The van der Waals surface area contributed by atoms with E-state index in [0.29, 0.717) is 12.5 Å². The third kappa shape index (κ3) is 1.75. The largest absolute Gasteiger partial charge is 0.396 e. The van der Waals surface area contributed by atoms with Crippen LogP contribution in [0.5, 0.6) is 0 Å². The van der Waals surface area contributed by atoms with Crippen molar-refractivity contribution in [1.82, 2.24) is 0 Å². The van der Waals surface area contributed by atoms with Crippen molar-refractivity contribution in [3.63, 3.8) is 0 Å². The lowest BCUT2D eigenvalue weighted by Crippen LogP contribution is -2.07. The summed E-state index contributed by atoms with van der Waals surface area (Å²) in [5.41, 5.74) is 2.65. The molecule has 1 nitrogen and oxygen atoms in total. The molecule has 2 rings (SSSR count). The van der Waals surface area contributed by atoms with Gasteiger partial charge >= 0.3 is 0 Å². The summed E-state index contributed by atoms with van der Waals surface area (Å²) in [4.78, 5) is 0. The van der Waals surface area contributed by atoms with E-state index < -0.39 is 0 Å². The van der Waals surface area contributed by atoms with Crippen molar-refractivity contribution in [3.8, 4) is 0 Å². The van der Waals surface area contributed by atoms with Gasteiger partial charge in [0.1, 0.15) is 0 Å². The summed E-state index contributed by atoms with van der Waals surface area (Å²) in [5, 5.41) is 9.31. The summed E-state index contributed by atoms with van der Waals surface area (Å²) in [7, 11) is 0. The Hall–Kier alpha value is -0.820. The zero-order valence-corrected chi connectivity index (χ0v) is 8.03. The highest BCUT2D eigenvalue weighted by atomic mass is 16.3. The third-order valence-corrected chi connectivity index (χ3v) is 2.98. The minimum Gasteiger partial charge on any atom is -0.396 e. The van der Waals surface area contributed by atoms with E-state index in [4.69, 9.17) is 0 Å². The molecule has 13 heavy (non-hydrogen) atoms. The van der Waals surface area contributed by atoms with E-state index in [1.165, 1.54) is 24.0 Å². The Kier molecular flexibility index (Phi) is 2.36. The van der Waals surface area contributed by atoms with E-state index in [9.17, 15) is 5.11 Å². The minimum absolute atomic E-state index is 0.301. The second-order valence-corrected chi connectivity index (χ2v) is 3.98. The molecule has 1 atom stereocenters. The Labute approximate surface area is 79.4 Å². The minimum atomic E-state index is 0.301. The summed E-state index contributed by atoms with van der Waals surface area (Å²) in [6, 6.07) is 8.39. The van der Waals surface area contributed by atoms with Gasteiger partial charge < -0.3 is 5.11 Å². The maximum absolute atomic E-state index is 9.31. The zero-order chi connectivity index (χ0) is 9.26. The van der Waals surface area contributed by atoms with E-state index in [1.807, 2.05) is 0 Å². The molecule has 1 N–H and O–H groups in total. The Balaban J connectivity index is 2.26. The van der Waals surface area contributed by atoms with Crippen LogP contribution in [-0.4, -0.2) is 11.7 Å². The Bertz CT molecular complexity index is 289. The second-order valence-electron chi connectivity index (χ2n) is 3.98. The SMILES string of the molecule is Cc1ccccc1C(CO)C1CC1. The molecule has 0 spiro atoms. The molecule has 1 saturated carbocycles. The highest BCUT2D eigenvalue weighted by Gasteiger charge is 2.32. The van der Waals surface area contributed by atoms with Crippen LogP contribution in [0.4, 0.5) is 0 Å². The van der Waals surface area contributed by atoms with Gasteiger partial charge in [-0.3, -0.25) is 0 Å². The summed E-state index contributed by atoms with van der Waals surface area (Å²) in [6.45, 7) is 2.43. The predicted molar refractivity (Wildman–Crippen MR) is 53.7 cm³/mol. The lowest BCUT2D eigenvalue weighted by Gasteiger charge is -2.15. The molecular formula is C12H16O. The first kappa shape index (κ1) is 8.76. The molecule has 0 radical (unpaired) electrons. The molecule has 1 heteroatoms. The van der Waals surface area contributed by atoms with Crippen molar-refractivity contribution in [2.45, 2.75) is 25.7 Å². The first-order valence-electron chi connectivity index (χ1n) is 4.99. The van der Waals surface area contributed by atoms with Crippen molar-refractivity contribution >= 4 is 0 Å². The molecule has 1 unspecified atom stereocenters. The van der Waals surface area contributed by atoms with Gasteiger partial charge in [-0.2, -0.15) is 0 Å². The van der Waals surface area contributed by atoms with Crippen molar-refractivity contribution < 1.29 is 5.11 Å². The molecule has 1 fully saturated rings. The summed E-state index contributed by atoms with van der Waals surface area (Å²) >= 11 is 0. The molecule has 0 aromatic heterocycles. The van der Waals surface area contributed by atoms with Crippen LogP contribution in [0.25, 0.3) is 0 Å².